The Balaban J connectivity index is 2.08. The zero-order chi connectivity index (χ0) is 16.1. The second-order valence-electron chi connectivity index (χ2n) is 5.57. The highest BCUT2D eigenvalue weighted by Gasteiger charge is 2.12. The number of aromatic nitrogens is 1. The maximum Gasteiger partial charge on any atom is 0.172 e. The first-order valence-electron chi connectivity index (χ1n) is 7.57. The number of thiocarbonyl (C=S) groups is 1. The molecular weight excluding hydrogens is 290 g/mol. The fraction of sp³-hybridized carbons (Fsp3) is 0.333. The molecule has 2 N–H and O–H groups in total. The van der Waals surface area contributed by atoms with Crippen LogP contribution < -0.4 is 10.6 Å². The minimum atomic E-state index is 0.198. The number of nitrogens with zero attached hydrogens (tertiary/aromatic N) is 1. The summed E-state index contributed by atoms with van der Waals surface area (Å²) in [5.41, 5.74) is 4.94. The van der Waals surface area contributed by atoms with E-state index in [0.717, 1.165) is 17.8 Å². The molecule has 3 nitrogen and oxygen atoms in total. The molecule has 2 aromatic rings. The van der Waals surface area contributed by atoms with E-state index < -0.39 is 0 Å². The van der Waals surface area contributed by atoms with Crippen molar-refractivity contribution in [2.45, 2.75) is 40.2 Å². The van der Waals surface area contributed by atoms with Gasteiger partial charge in [0.05, 0.1) is 6.04 Å². The van der Waals surface area contributed by atoms with Crippen molar-refractivity contribution in [3.63, 3.8) is 0 Å². The van der Waals surface area contributed by atoms with Crippen LogP contribution in [0.4, 0.5) is 5.82 Å². The summed E-state index contributed by atoms with van der Waals surface area (Å²) >= 11 is 5.43. The van der Waals surface area contributed by atoms with Crippen LogP contribution in [0.3, 0.4) is 0 Å². The van der Waals surface area contributed by atoms with Gasteiger partial charge in [0.1, 0.15) is 5.82 Å². The normalized spacial score (nSPS) is 11.8. The topological polar surface area (TPSA) is 37.0 Å². The number of aryl methyl sites for hydroxylation is 3. The summed E-state index contributed by atoms with van der Waals surface area (Å²) in [4.78, 5) is 4.31. The number of rotatable bonds is 4. The van der Waals surface area contributed by atoms with Crippen molar-refractivity contribution in [1.29, 1.82) is 0 Å². The molecule has 0 aliphatic carbocycles. The Morgan fingerprint density at radius 1 is 1.14 bits per heavy atom. The summed E-state index contributed by atoms with van der Waals surface area (Å²) in [7, 11) is 0. The van der Waals surface area contributed by atoms with Crippen molar-refractivity contribution in [2.24, 2.45) is 0 Å². The third-order valence-corrected chi connectivity index (χ3v) is 4.11. The van der Waals surface area contributed by atoms with Crippen molar-refractivity contribution < 1.29 is 0 Å². The maximum atomic E-state index is 5.43. The Morgan fingerprint density at radius 2 is 1.91 bits per heavy atom. The summed E-state index contributed by atoms with van der Waals surface area (Å²) < 4.78 is 0. The Kier molecular flexibility index (Phi) is 5.50. The van der Waals surface area contributed by atoms with Gasteiger partial charge in [-0.3, -0.25) is 0 Å². The molecular formula is C18H23N3S. The van der Waals surface area contributed by atoms with Crippen LogP contribution in [0.1, 0.15) is 41.6 Å². The first-order chi connectivity index (χ1) is 10.5. The summed E-state index contributed by atoms with van der Waals surface area (Å²) in [6.45, 7) is 8.43. The quantitative estimate of drug-likeness (QED) is 0.818. The molecule has 4 heteroatoms. The lowest BCUT2D eigenvalue weighted by Gasteiger charge is -2.21. The number of nitrogens with one attached hydrogen (secondary N) is 2. The summed E-state index contributed by atoms with van der Waals surface area (Å²) in [5.74, 6) is 0.801. The number of hydrogen-bond donors (Lipinski definition) is 2. The highest BCUT2D eigenvalue weighted by atomic mass is 32.1. The Labute approximate surface area is 138 Å². The molecule has 0 fully saturated rings. The smallest absolute Gasteiger partial charge is 0.172 e. The van der Waals surface area contributed by atoms with E-state index in [1.165, 1.54) is 16.7 Å². The molecule has 0 aliphatic rings. The monoisotopic (exact) mass is 313 g/mol. The fourth-order valence-electron chi connectivity index (χ4n) is 2.32. The van der Waals surface area contributed by atoms with Gasteiger partial charge in [-0.05, 0) is 67.7 Å². The summed E-state index contributed by atoms with van der Waals surface area (Å²) in [6.07, 6.45) is 2.73. The predicted molar refractivity (Wildman–Crippen MR) is 97.3 cm³/mol. The van der Waals surface area contributed by atoms with E-state index in [9.17, 15) is 0 Å². The lowest BCUT2D eigenvalue weighted by Crippen LogP contribution is -2.32. The van der Waals surface area contributed by atoms with Gasteiger partial charge >= 0.3 is 0 Å². The Bertz CT molecular complexity index is 667. The third-order valence-electron chi connectivity index (χ3n) is 3.89. The van der Waals surface area contributed by atoms with Gasteiger partial charge in [-0.1, -0.05) is 31.2 Å². The molecule has 0 amide bonds. The average molecular weight is 313 g/mol. The van der Waals surface area contributed by atoms with Gasteiger partial charge in [0.2, 0.25) is 0 Å². The molecule has 116 valence electrons. The molecule has 0 saturated heterocycles. The van der Waals surface area contributed by atoms with Gasteiger partial charge < -0.3 is 10.6 Å². The maximum absolute atomic E-state index is 5.43. The highest BCUT2D eigenvalue weighted by molar-refractivity contribution is 7.80. The van der Waals surface area contributed by atoms with Crippen LogP contribution >= 0.6 is 12.2 Å². The predicted octanol–water partition coefficient (Wildman–Crippen LogP) is 4.44. The molecule has 1 atom stereocenters. The Hall–Kier alpha value is -1.94. The molecule has 0 bridgehead atoms. The summed E-state index contributed by atoms with van der Waals surface area (Å²) in [5, 5.41) is 7.17. The van der Waals surface area contributed by atoms with E-state index in [4.69, 9.17) is 12.2 Å². The molecule has 1 aromatic carbocycles. The van der Waals surface area contributed by atoms with E-state index in [2.05, 4.69) is 54.6 Å². The lowest BCUT2D eigenvalue weighted by molar-refractivity contribution is 0.628. The van der Waals surface area contributed by atoms with E-state index in [-0.39, 0.29) is 6.04 Å². The summed E-state index contributed by atoms with van der Waals surface area (Å²) in [6, 6.07) is 10.7. The number of pyridine rings is 1. The fourth-order valence-corrected chi connectivity index (χ4v) is 2.56. The molecule has 22 heavy (non-hydrogen) atoms. The minimum absolute atomic E-state index is 0.198. The number of benzene rings is 1. The first-order valence-corrected chi connectivity index (χ1v) is 7.98. The van der Waals surface area contributed by atoms with Crippen LogP contribution in [-0.4, -0.2) is 10.1 Å². The van der Waals surface area contributed by atoms with Crippen LogP contribution in [-0.2, 0) is 0 Å². The average Bonchev–Trinajstić information content (AvgIpc) is 2.50. The van der Waals surface area contributed by atoms with Gasteiger partial charge in [0.25, 0.3) is 0 Å². The van der Waals surface area contributed by atoms with E-state index in [0.29, 0.717) is 5.11 Å². The largest absolute Gasteiger partial charge is 0.356 e. The SMILES string of the molecule is CCC(NC(=S)Nc1ncccc1C)c1ccc(C)c(C)c1. The van der Waals surface area contributed by atoms with Crippen LogP contribution in [0.15, 0.2) is 36.5 Å². The van der Waals surface area contributed by atoms with Crippen molar-refractivity contribution >= 4 is 23.1 Å². The third kappa shape index (κ3) is 4.04. The molecule has 0 saturated carbocycles. The Morgan fingerprint density at radius 3 is 2.55 bits per heavy atom. The lowest BCUT2D eigenvalue weighted by atomic mass is 9.99. The minimum Gasteiger partial charge on any atom is -0.356 e. The van der Waals surface area contributed by atoms with Gasteiger partial charge in [-0.2, -0.15) is 0 Å². The van der Waals surface area contributed by atoms with Crippen LogP contribution in [0, 0.1) is 20.8 Å². The molecule has 1 aromatic heterocycles. The second-order valence-corrected chi connectivity index (χ2v) is 5.98. The standard InChI is InChI=1S/C18H23N3S/c1-5-16(15-9-8-12(2)14(4)11-15)20-18(22)21-17-13(3)7-6-10-19-17/h6-11,16H,5H2,1-4H3,(H2,19,20,21,22). The number of anilines is 1. The molecule has 2 rings (SSSR count). The van der Waals surface area contributed by atoms with Crippen molar-refractivity contribution in [3.8, 4) is 0 Å². The first kappa shape index (κ1) is 16.4. The molecule has 0 radical (unpaired) electrons. The zero-order valence-electron chi connectivity index (χ0n) is 13.6. The van der Waals surface area contributed by atoms with E-state index in [1.807, 2.05) is 19.1 Å². The molecule has 1 unspecified atom stereocenters. The second kappa shape index (κ2) is 7.36. The van der Waals surface area contributed by atoms with Gasteiger partial charge in [0.15, 0.2) is 5.11 Å². The van der Waals surface area contributed by atoms with Gasteiger partial charge in [-0.15, -0.1) is 0 Å². The highest BCUT2D eigenvalue weighted by Crippen LogP contribution is 2.20. The van der Waals surface area contributed by atoms with Crippen LogP contribution in [0.5, 0.6) is 0 Å². The van der Waals surface area contributed by atoms with E-state index >= 15 is 0 Å². The van der Waals surface area contributed by atoms with Crippen molar-refractivity contribution in [3.05, 3.63) is 58.8 Å². The molecule has 0 aliphatic heterocycles. The zero-order valence-corrected chi connectivity index (χ0v) is 14.4. The van der Waals surface area contributed by atoms with E-state index in [1.54, 1.807) is 6.20 Å². The van der Waals surface area contributed by atoms with Crippen molar-refractivity contribution in [2.75, 3.05) is 5.32 Å². The van der Waals surface area contributed by atoms with Crippen LogP contribution in [0.2, 0.25) is 0 Å². The van der Waals surface area contributed by atoms with Crippen molar-refractivity contribution in [1.82, 2.24) is 10.3 Å². The van der Waals surface area contributed by atoms with Gasteiger partial charge in [-0.25, -0.2) is 4.98 Å². The number of hydrogen-bond acceptors (Lipinski definition) is 2. The van der Waals surface area contributed by atoms with Gasteiger partial charge in [0, 0.05) is 6.20 Å². The molecule has 0 spiro atoms. The van der Waals surface area contributed by atoms with Crippen LogP contribution in [0.25, 0.3) is 0 Å². The molecule has 1 heterocycles.